The summed E-state index contributed by atoms with van der Waals surface area (Å²) in [7, 11) is 0. The molecule has 1 N–H and O–H groups in total. The molecule has 1 heterocycles. The van der Waals surface area contributed by atoms with E-state index in [9.17, 15) is 4.79 Å². The number of ether oxygens (including phenoxy) is 1. The normalized spacial score (nSPS) is 12.1. The first-order valence-corrected chi connectivity index (χ1v) is 9.41. The first-order valence-electron chi connectivity index (χ1n) is 9.03. The summed E-state index contributed by atoms with van der Waals surface area (Å²) in [6.45, 7) is 4.27. The molecule has 0 saturated heterocycles. The number of nitrogens with one attached hydrogen (secondary N) is 1. The number of amides is 1. The van der Waals surface area contributed by atoms with Gasteiger partial charge in [-0.2, -0.15) is 4.98 Å². The monoisotopic (exact) mass is 399 g/mol. The molecule has 0 aliphatic rings. The summed E-state index contributed by atoms with van der Waals surface area (Å²) in [5.74, 6) is 0.599. The van der Waals surface area contributed by atoms with Crippen molar-refractivity contribution in [1.82, 2.24) is 15.5 Å². The number of hydrogen-bond acceptors (Lipinski definition) is 5. The third kappa shape index (κ3) is 5.41. The van der Waals surface area contributed by atoms with Crippen LogP contribution >= 0.6 is 11.6 Å². The van der Waals surface area contributed by atoms with Gasteiger partial charge in [-0.1, -0.05) is 73.1 Å². The lowest BCUT2D eigenvalue weighted by atomic mass is 10.0. The summed E-state index contributed by atoms with van der Waals surface area (Å²) in [5, 5.41) is 7.51. The van der Waals surface area contributed by atoms with Gasteiger partial charge in [0.25, 0.3) is 0 Å². The first kappa shape index (κ1) is 20.0. The lowest BCUT2D eigenvalue weighted by Gasteiger charge is -2.18. The van der Waals surface area contributed by atoms with E-state index in [2.05, 4.69) is 15.5 Å². The molecule has 3 rings (SSSR count). The first-order chi connectivity index (χ1) is 13.5. The Morgan fingerprint density at radius 2 is 1.96 bits per heavy atom. The van der Waals surface area contributed by atoms with Gasteiger partial charge >= 0.3 is 0 Å². The Labute approximate surface area is 168 Å². The van der Waals surface area contributed by atoms with Gasteiger partial charge < -0.3 is 14.6 Å². The molecule has 28 heavy (non-hydrogen) atoms. The summed E-state index contributed by atoms with van der Waals surface area (Å²) >= 11 is 6.02. The molecule has 0 unspecified atom stereocenters. The van der Waals surface area contributed by atoms with Gasteiger partial charge in [0.15, 0.2) is 0 Å². The third-order valence-electron chi connectivity index (χ3n) is 4.12. The van der Waals surface area contributed by atoms with Crippen LogP contribution in [0.5, 0.6) is 0 Å². The van der Waals surface area contributed by atoms with E-state index in [1.165, 1.54) is 0 Å². The molecular weight excluding hydrogens is 378 g/mol. The van der Waals surface area contributed by atoms with E-state index in [1.807, 2.05) is 56.3 Å². The number of aromatic nitrogens is 2. The maximum atomic E-state index is 12.3. The molecule has 0 bridgehead atoms. The number of hydrogen-bond donors (Lipinski definition) is 1. The van der Waals surface area contributed by atoms with E-state index in [0.29, 0.717) is 23.3 Å². The molecule has 0 aliphatic carbocycles. The van der Waals surface area contributed by atoms with E-state index in [0.717, 1.165) is 11.1 Å². The van der Waals surface area contributed by atoms with E-state index >= 15 is 0 Å². The minimum atomic E-state index is -0.409. The molecule has 7 heteroatoms. The highest BCUT2D eigenvalue weighted by Crippen LogP contribution is 2.25. The Balaban J connectivity index is 1.61. The minimum Gasteiger partial charge on any atom is -0.367 e. The van der Waals surface area contributed by atoms with Gasteiger partial charge in [0.1, 0.15) is 12.6 Å². The topological polar surface area (TPSA) is 77.2 Å². The Kier molecular flexibility index (Phi) is 6.79. The van der Waals surface area contributed by atoms with E-state index < -0.39 is 6.04 Å². The van der Waals surface area contributed by atoms with Crippen LogP contribution in [0, 0.1) is 5.92 Å². The fraction of sp³-hybridized carbons (Fsp3) is 0.286. The summed E-state index contributed by atoms with van der Waals surface area (Å²) in [5.41, 5.74) is 1.77. The molecule has 0 spiro atoms. The van der Waals surface area contributed by atoms with Gasteiger partial charge in [0.05, 0.1) is 6.61 Å². The second-order valence-electron chi connectivity index (χ2n) is 6.73. The van der Waals surface area contributed by atoms with Crippen LogP contribution in [0.4, 0.5) is 0 Å². The van der Waals surface area contributed by atoms with Crippen LogP contribution in [-0.2, 0) is 16.1 Å². The average Bonchev–Trinajstić information content (AvgIpc) is 3.16. The number of halogens is 1. The molecule has 0 radical (unpaired) electrons. The molecule has 2 aromatic carbocycles. The van der Waals surface area contributed by atoms with Crippen molar-refractivity contribution < 1.29 is 14.1 Å². The van der Waals surface area contributed by atoms with Gasteiger partial charge in [-0.05, 0) is 23.6 Å². The van der Waals surface area contributed by atoms with Crippen molar-refractivity contribution in [3.8, 4) is 11.4 Å². The highest BCUT2D eigenvalue weighted by molar-refractivity contribution is 6.30. The van der Waals surface area contributed by atoms with Crippen molar-refractivity contribution in [1.29, 1.82) is 0 Å². The van der Waals surface area contributed by atoms with Gasteiger partial charge in [0, 0.05) is 10.6 Å². The van der Waals surface area contributed by atoms with Crippen molar-refractivity contribution in [3.63, 3.8) is 0 Å². The fourth-order valence-corrected chi connectivity index (χ4v) is 2.86. The second-order valence-corrected chi connectivity index (χ2v) is 7.17. The van der Waals surface area contributed by atoms with Crippen LogP contribution in [0.3, 0.4) is 0 Å². The zero-order valence-corrected chi connectivity index (χ0v) is 16.5. The van der Waals surface area contributed by atoms with E-state index in [-0.39, 0.29) is 18.4 Å². The third-order valence-corrected chi connectivity index (χ3v) is 4.35. The molecule has 1 aromatic heterocycles. The lowest BCUT2D eigenvalue weighted by Crippen LogP contribution is -2.34. The van der Waals surface area contributed by atoms with E-state index in [1.54, 1.807) is 12.1 Å². The number of carbonyl (C=O) groups is 1. The van der Waals surface area contributed by atoms with Crippen LogP contribution in [0.15, 0.2) is 59.1 Å². The van der Waals surface area contributed by atoms with Crippen molar-refractivity contribution in [2.75, 3.05) is 6.61 Å². The maximum Gasteiger partial charge on any atom is 0.249 e. The molecule has 1 amide bonds. The number of benzene rings is 2. The molecule has 1 atom stereocenters. The van der Waals surface area contributed by atoms with Crippen LogP contribution in [0.2, 0.25) is 5.02 Å². The van der Waals surface area contributed by atoms with Crippen molar-refractivity contribution in [3.05, 3.63) is 71.1 Å². The standard InChI is InChI=1S/C21H22ClN3O3/c1-14(2)19(23-18(26)13-27-12-15-7-4-3-5-8-15)21-24-20(25-28-21)16-9-6-10-17(22)11-16/h3-11,14,19H,12-13H2,1-2H3,(H,23,26)/t19-/m0/s1. The molecule has 0 saturated carbocycles. The summed E-state index contributed by atoms with van der Waals surface area (Å²) in [6, 6.07) is 16.5. The highest BCUT2D eigenvalue weighted by atomic mass is 35.5. The summed E-state index contributed by atoms with van der Waals surface area (Å²) < 4.78 is 10.9. The van der Waals surface area contributed by atoms with Crippen LogP contribution < -0.4 is 5.32 Å². The van der Waals surface area contributed by atoms with E-state index in [4.69, 9.17) is 20.9 Å². The number of carbonyl (C=O) groups excluding carboxylic acids is 1. The van der Waals surface area contributed by atoms with Crippen molar-refractivity contribution >= 4 is 17.5 Å². The van der Waals surface area contributed by atoms with Crippen molar-refractivity contribution in [2.24, 2.45) is 5.92 Å². The Hall–Kier alpha value is -2.70. The predicted molar refractivity (Wildman–Crippen MR) is 107 cm³/mol. The largest absolute Gasteiger partial charge is 0.367 e. The highest BCUT2D eigenvalue weighted by Gasteiger charge is 2.25. The van der Waals surface area contributed by atoms with Gasteiger partial charge in [-0.15, -0.1) is 0 Å². The molecule has 0 fully saturated rings. The predicted octanol–water partition coefficient (Wildman–Crippen LogP) is 4.42. The molecule has 6 nitrogen and oxygen atoms in total. The molecule has 3 aromatic rings. The van der Waals surface area contributed by atoms with Crippen molar-refractivity contribution in [2.45, 2.75) is 26.5 Å². The lowest BCUT2D eigenvalue weighted by molar-refractivity contribution is -0.127. The molecular formula is C21H22ClN3O3. The molecule has 0 aliphatic heterocycles. The van der Waals surface area contributed by atoms with Gasteiger partial charge in [0.2, 0.25) is 17.6 Å². The zero-order valence-electron chi connectivity index (χ0n) is 15.8. The Morgan fingerprint density at radius 3 is 2.68 bits per heavy atom. The smallest absolute Gasteiger partial charge is 0.249 e. The van der Waals surface area contributed by atoms with Gasteiger partial charge in [-0.3, -0.25) is 4.79 Å². The average molecular weight is 400 g/mol. The summed E-state index contributed by atoms with van der Waals surface area (Å²) in [4.78, 5) is 16.7. The Bertz CT molecular complexity index is 912. The second kappa shape index (κ2) is 9.48. The zero-order chi connectivity index (χ0) is 19.9. The van der Waals surface area contributed by atoms with Crippen LogP contribution in [0.1, 0.15) is 31.3 Å². The molecule has 146 valence electrons. The SMILES string of the molecule is CC(C)[C@H](NC(=O)COCc1ccccc1)c1nc(-c2cccc(Cl)c2)no1. The fourth-order valence-electron chi connectivity index (χ4n) is 2.67. The van der Waals surface area contributed by atoms with Crippen LogP contribution in [0.25, 0.3) is 11.4 Å². The Morgan fingerprint density at radius 1 is 1.18 bits per heavy atom. The quantitative estimate of drug-likeness (QED) is 0.606. The number of nitrogens with zero attached hydrogens (tertiary/aromatic N) is 2. The minimum absolute atomic E-state index is 0.0482. The number of rotatable bonds is 8. The maximum absolute atomic E-state index is 12.3. The summed E-state index contributed by atoms with van der Waals surface area (Å²) in [6.07, 6.45) is 0. The van der Waals surface area contributed by atoms with Gasteiger partial charge in [-0.25, -0.2) is 0 Å². The van der Waals surface area contributed by atoms with Crippen LogP contribution in [-0.4, -0.2) is 22.7 Å².